The van der Waals surface area contributed by atoms with E-state index in [9.17, 15) is 4.79 Å². The Bertz CT molecular complexity index is 378. The molecule has 3 saturated heterocycles. The van der Waals surface area contributed by atoms with Crippen molar-refractivity contribution in [2.24, 2.45) is 0 Å². The number of carbonyl (C=O) groups is 1. The quantitative estimate of drug-likeness (QED) is 0.775. The Hall–Kier alpha value is -0.610. The van der Waals surface area contributed by atoms with E-state index in [1.807, 2.05) is 0 Å². The number of nitrogens with zero attached hydrogens (tertiary/aromatic N) is 2. The lowest BCUT2D eigenvalue weighted by Crippen LogP contribution is -2.50. The van der Waals surface area contributed by atoms with Crippen LogP contribution in [0.25, 0.3) is 0 Å². The van der Waals surface area contributed by atoms with Crippen LogP contribution in [0.15, 0.2) is 0 Å². The van der Waals surface area contributed by atoms with Crippen LogP contribution in [0, 0.1) is 0 Å². The molecule has 0 radical (unpaired) electrons. The van der Waals surface area contributed by atoms with Crippen molar-refractivity contribution < 1.29 is 4.79 Å². The van der Waals surface area contributed by atoms with Gasteiger partial charge in [-0.2, -0.15) is 0 Å². The largest absolute Gasteiger partial charge is 0.324 e. The second kappa shape index (κ2) is 4.45. The van der Waals surface area contributed by atoms with Crippen LogP contribution in [0.3, 0.4) is 0 Å². The summed E-state index contributed by atoms with van der Waals surface area (Å²) < 4.78 is 0. The van der Waals surface area contributed by atoms with Crippen LogP contribution in [-0.2, 0) is 4.79 Å². The van der Waals surface area contributed by atoms with Crippen LogP contribution in [-0.4, -0.2) is 53.1 Å². The molecule has 2 unspecified atom stereocenters. The molecule has 2 atom stereocenters. The zero-order valence-corrected chi connectivity index (χ0v) is 11.7. The van der Waals surface area contributed by atoms with Gasteiger partial charge in [-0.3, -0.25) is 15.0 Å². The molecule has 1 saturated carbocycles. The van der Waals surface area contributed by atoms with E-state index in [4.69, 9.17) is 0 Å². The van der Waals surface area contributed by atoms with E-state index in [1.54, 1.807) is 0 Å². The highest BCUT2D eigenvalue weighted by atomic mass is 16.2. The monoisotopic (exact) mass is 263 g/mol. The molecule has 0 aromatic heterocycles. The van der Waals surface area contributed by atoms with Crippen molar-refractivity contribution in [2.45, 2.75) is 69.0 Å². The van der Waals surface area contributed by atoms with Crippen LogP contribution in [0.1, 0.15) is 51.4 Å². The van der Waals surface area contributed by atoms with E-state index in [-0.39, 0.29) is 5.54 Å². The molecular formula is C15H25N3O. The highest BCUT2D eigenvalue weighted by Gasteiger charge is 2.52. The van der Waals surface area contributed by atoms with E-state index in [1.165, 1.54) is 51.6 Å². The smallest absolute Gasteiger partial charge is 0.244 e. The van der Waals surface area contributed by atoms with Gasteiger partial charge in [0.05, 0.1) is 12.2 Å². The van der Waals surface area contributed by atoms with Crippen molar-refractivity contribution in [1.82, 2.24) is 15.1 Å². The Morgan fingerprint density at radius 2 is 1.84 bits per heavy atom. The van der Waals surface area contributed by atoms with Gasteiger partial charge in [-0.1, -0.05) is 19.3 Å². The number of carbonyl (C=O) groups excluding carboxylic acids is 1. The predicted octanol–water partition coefficient (Wildman–Crippen LogP) is 1.32. The first-order chi connectivity index (χ1) is 9.30. The summed E-state index contributed by atoms with van der Waals surface area (Å²) in [6, 6.07) is 1.14. The van der Waals surface area contributed by atoms with Gasteiger partial charge in [0.15, 0.2) is 0 Å². The fraction of sp³-hybridized carbons (Fsp3) is 0.933. The van der Waals surface area contributed by atoms with Gasteiger partial charge in [0, 0.05) is 18.6 Å². The Kier molecular flexibility index (Phi) is 2.85. The summed E-state index contributed by atoms with van der Waals surface area (Å²) in [7, 11) is 0. The van der Waals surface area contributed by atoms with E-state index in [0.29, 0.717) is 18.0 Å². The summed E-state index contributed by atoms with van der Waals surface area (Å²) in [6.45, 7) is 3.25. The first-order valence-corrected chi connectivity index (χ1v) is 8.10. The fourth-order valence-electron chi connectivity index (χ4n) is 4.88. The summed E-state index contributed by atoms with van der Waals surface area (Å²) >= 11 is 0. The minimum atomic E-state index is -0.165. The van der Waals surface area contributed by atoms with Gasteiger partial charge in [-0.25, -0.2) is 0 Å². The summed E-state index contributed by atoms with van der Waals surface area (Å²) in [4.78, 5) is 17.7. The molecule has 4 fully saturated rings. The number of amides is 1. The highest BCUT2D eigenvalue weighted by molar-refractivity contribution is 5.89. The molecule has 4 nitrogen and oxygen atoms in total. The molecule has 1 amide bonds. The van der Waals surface area contributed by atoms with Gasteiger partial charge in [0.2, 0.25) is 5.91 Å². The number of nitrogens with one attached hydrogen (secondary N) is 1. The zero-order chi connectivity index (χ0) is 12.9. The fourth-order valence-corrected chi connectivity index (χ4v) is 4.88. The first kappa shape index (κ1) is 12.2. The lowest BCUT2D eigenvalue weighted by atomic mass is 9.95. The van der Waals surface area contributed by atoms with Crippen molar-refractivity contribution in [2.75, 3.05) is 19.8 Å². The van der Waals surface area contributed by atoms with E-state index >= 15 is 0 Å². The molecular weight excluding hydrogens is 238 g/mol. The average molecular weight is 263 g/mol. The molecule has 0 aromatic rings. The highest BCUT2D eigenvalue weighted by Crippen LogP contribution is 2.38. The number of fused-ring (bicyclic) bond motifs is 1. The SMILES string of the molecule is O=C1N(C2CCN3CCCCC23)CNC12CCCC2. The van der Waals surface area contributed by atoms with Crippen molar-refractivity contribution in [3.8, 4) is 0 Å². The van der Waals surface area contributed by atoms with Crippen molar-refractivity contribution in [1.29, 1.82) is 0 Å². The molecule has 1 aliphatic carbocycles. The van der Waals surface area contributed by atoms with Gasteiger partial charge in [0.25, 0.3) is 0 Å². The lowest BCUT2D eigenvalue weighted by molar-refractivity contribution is -0.134. The summed E-state index contributed by atoms with van der Waals surface area (Å²) in [6.07, 6.45) is 9.72. The van der Waals surface area contributed by atoms with Gasteiger partial charge < -0.3 is 4.90 Å². The molecule has 3 heterocycles. The van der Waals surface area contributed by atoms with Crippen molar-refractivity contribution in [3.63, 3.8) is 0 Å². The van der Waals surface area contributed by atoms with Crippen LogP contribution in [0.4, 0.5) is 0 Å². The maximum Gasteiger partial charge on any atom is 0.244 e. The third-order valence-corrected chi connectivity index (χ3v) is 5.94. The maximum atomic E-state index is 12.8. The molecule has 1 N–H and O–H groups in total. The number of rotatable bonds is 1. The minimum absolute atomic E-state index is 0.165. The number of hydrogen-bond donors (Lipinski definition) is 1. The zero-order valence-electron chi connectivity index (χ0n) is 11.7. The first-order valence-electron chi connectivity index (χ1n) is 8.10. The Labute approximate surface area is 115 Å². The summed E-state index contributed by atoms with van der Waals surface area (Å²) in [5.41, 5.74) is -0.165. The molecule has 3 aliphatic heterocycles. The molecule has 0 aromatic carbocycles. The van der Waals surface area contributed by atoms with Gasteiger partial charge in [-0.15, -0.1) is 0 Å². The van der Waals surface area contributed by atoms with Crippen LogP contribution in [0.5, 0.6) is 0 Å². The van der Waals surface area contributed by atoms with Crippen LogP contribution < -0.4 is 5.32 Å². The molecule has 4 rings (SSSR count). The molecule has 4 aliphatic rings. The topological polar surface area (TPSA) is 35.6 Å². The predicted molar refractivity (Wildman–Crippen MR) is 73.7 cm³/mol. The average Bonchev–Trinajstić information content (AvgIpc) is 3.13. The van der Waals surface area contributed by atoms with E-state index in [2.05, 4.69) is 15.1 Å². The van der Waals surface area contributed by atoms with Gasteiger partial charge in [0.1, 0.15) is 0 Å². The van der Waals surface area contributed by atoms with Crippen LogP contribution in [0.2, 0.25) is 0 Å². The lowest BCUT2D eigenvalue weighted by Gasteiger charge is -2.36. The van der Waals surface area contributed by atoms with Gasteiger partial charge >= 0.3 is 0 Å². The van der Waals surface area contributed by atoms with Crippen molar-refractivity contribution in [3.05, 3.63) is 0 Å². The Morgan fingerprint density at radius 1 is 1.00 bits per heavy atom. The third-order valence-electron chi connectivity index (χ3n) is 5.94. The molecule has 106 valence electrons. The number of piperidine rings is 1. The van der Waals surface area contributed by atoms with Gasteiger partial charge in [-0.05, 0) is 38.6 Å². The van der Waals surface area contributed by atoms with Crippen molar-refractivity contribution >= 4 is 5.91 Å². The number of hydrogen-bond acceptors (Lipinski definition) is 3. The molecule has 1 spiro atoms. The van der Waals surface area contributed by atoms with E-state index in [0.717, 1.165) is 19.5 Å². The third kappa shape index (κ3) is 1.76. The van der Waals surface area contributed by atoms with E-state index < -0.39 is 0 Å². The summed E-state index contributed by atoms with van der Waals surface area (Å²) in [5, 5.41) is 3.56. The normalized spacial score (nSPS) is 38.3. The molecule has 4 heteroatoms. The minimum Gasteiger partial charge on any atom is -0.324 e. The standard InChI is InChI=1S/C15H25N3O/c19-14-15(7-2-3-8-15)16-11-18(14)13-6-10-17-9-4-1-5-12(13)17/h12-13,16H,1-11H2. The van der Waals surface area contributed by atoms with Crippen LogP contribution >= 0.6 is 0 Å². The summed E-state index contributed by atoms with van der Waals surface area (Å²) in [5.74, 6) is 0.419. The second-order valence-corrected chi connectivity index (χ2v) is 6.85. The Balaban J connectivity index is 1.52. The second-order valence-electron chi connectivity index (χ2n) is 6.85. The molecule has 19 heavy (non-hydrogen) atoms. The molecule has 0 bridgehead atoms. The maximum absolute atomic E-state index is 12.8. The Morgan fingerprint density at radius 3 is 2.68 bits per heavy atom.